The number of aromatic nitrogens is 4. The lowest BCUT2D eigenvalue weighted by Crippen LogP contribution is -1.99. The summed E-state index contributed by atoms with van der Waals surface area (Å²) in [5.74, 6) is 0.674. The van der Waals surface area contributed by atoms with Gasteiger partial charge in [0.1, 0.15) is 0 Å². The first-order valence-corrected chi connectivity index (χ1v) is 23.9. The lowest BCUT2D eigenvalue weighted by molar-refractivity contribution is 1.16. The molecule has 0 aliphatic heterocycles. The zero-order valence-electron chi connectivity index (χ0n) is 38.0. The quantitative estimate of drug-likeness (QED) is 0.149. The van der Waals surface area contributed by atoms with Crippen molar-refractivity contribution in [3.05, 3.63) is 255 Å². The average Bonchev–Trinajstić information content (AvgIpc) is 3.95. The zero-order valence-corrected chi connectivity index (χ0v) is 38.0. The summed E-state index contributed by atoms with van der Waals surface area (Å²) < 4.78 is 4.81. The van der Waals surface area contributed by atoms with Crippen LogP contribution < -0.4 is 0 Å². The molecule has 3 heterocycles. The summed E-state index contributed by atoms with van der Waals surface area (Å²) >= 11 is 0. The van der Waals surface area contributed by atoms with Gasteiger partial charge in [-0.2, -0.15) is 0 Å². The number of benzene rings is 11. The van der Waals surface area contributed by atoms with E-state index in [4.69, 9.17) is 9.97 Å². The summed E-state index contributed by atoms with van der Waals surface area (Å²) in [6.45, 7) is 0. The Kier molecular flexibility index (Phi) is 9.17. The third-order valence-corrected chi connectivity index (χ3v) is 14.1. The van der Waals surface area contributed by atoms with Gasteiger partial charge >= 0.3 is 0 Å². The van der Waals surface area contributed by atoms with Gasteiger partial charge in [-0.05, 0) is 117 Å². The molecule has 14 aromatic rings. The summed E-state index contributed by atoms with van der Waals surface area (Å²) in [6, 6.07) is 91.9. The minimum Gasteiger partial charge on any atom is -0.309 e. The first-order valence-electron chi connectivity index (χ1n) is 23.9. The fraction of sp³-hybridized carbons (Fsp3) is 0. The van der Waals surface area contributed by atoms with E-state index in [-0.39, 0.29) is 0 Å². The maximum absolute atomic E-state index is 5.48. The van der Waals surface area contributed by atoms with Gasteiger partial charge in [-0.25, -0.2) is 9.97 Å². The smallest absolute Gasteiger partial charge is 0.160 e. The molecule has 0 atom stereocenters. The minimum absolute atomic E-state index is 0.674. The number of nitrogens with zero attached hydrogens (tertiary/aromatic N) is 4. The van der Waals surface area contributed by atoms with E-state index < -0.39 is 0 Å². The SMILES string of the molecule is c1ccc(-c2ccc3c4ccccc4n(-c4cc(-c5cc(-c6ccc7c(c6)c6ccccc6n7-c6ccccc6)nc(-c6ccccc6)n5)cc(-c5cc6ccccc6c6ccccc56)c4)c3c2)cc1. The molecule has 0 N–H and O–H groups in total. The van der Waals surface area contributed by atoms with Gasteiger partial charge < -0.3 is 9.13 Å². The first kappa shape index (κ1) is 39.8. The lowest BCUT2D eigenvalue weighted by atomic mass is 9.91. The Hall–Kier alpha value is -9.38. The number of hydrogen-bond donors (Lipinski definition) is 0. The van der Waals surface area contributed by atoms with Gasteiger partial charge in [0.2, 0.25) is 0 Å². The van der Waals surface area contributed by atoms with Gasteiger partial charge in [-0.3, -0.25) is 0 Å². The Morgan fingerprint density at radius 3 is 1.51 bits per heavy atom. The molecule has 0 spiro atoms. The number of rotatable bonds is 7. The van der Waals surface area contributed by atoms with Gasteiger partial charge in [0.05, 0.1) is 33.5 Å². The first-order chi connectivity index (χ1) is 34.7. The van der Waals surface area contributed by atoms with Crippen molar-refractivity contribution in [2.45, 2.75) is 0 Å². The molecule has 14 rings (SSSR count). The molecule has 3 aromatic heterocycles. The van der Waals surface area contributed by atoms with Crippen LogP contribution in [0.1, 0.15) is 0 Å². The monoisotopic (exact) mass is 890 g/mol. The van der Waals surface area contributed by atoms with Crippen LogP contribution in [0.2, 0.25) is 0 Å². The van der Waals surface area contributed by atoms with Crippen molar-refractivity contribution in [3.63, 3.8) is 0 Å². The molecule has 0 saturated carbocycles. The minimum atomic E-state index is 0.674. The second-order valence-corrected chi connectivity index (χ2v) is 18.2. The van der Waals surface area contributed by atoms with E-state index in [0.717, 1.165) is 61.6 Å². The van der Waals surface area contributed by atoms with Crippen LogP contribution in [-0.4, -0.2) is 19.1 Å². The highest BCUT2D eigenvalue weighted by molar-refractivity contribution is 6.15. The lowest BCUT2D eigenvalue weighted by Gasteiger charge is -2.17. The molecule has 4 heteroatoms. The molecule has 0 radical (unpaired) electrons. The van der Waals surface area contributed by atoms with Gasteiger partial charge in [-0.15, -0.1) is 0 Å². The van der Waals surface area contributed by atoms with Crippen LogP contribution in [0.25, 0.3) is 133 Å². The molecule has 0 aliphatic carbocycles. The highest BCUT2D eigenvalue weighted by Gasteiger charge is 2.20. The highest BCUT2D eigenvalue weighted by atomic mass is 15.0. The van der Waals surface area contributed by atoms with Gasteiger partial charge in [-0.1, -0.05) is 182 Å². The van der Waals surface area contributed by atoms with Crippen LogP contribution in [0.5, 0.6) is 0 Å². The van der Waals surface area contributed by atoms with E-state index in [0.29, 0.717) is 5.82 Å². The van der Waals surface area contributed by atoms with E-state index in [1.807, 2.05) is 6.07 Å². The van der Waals surface area contributed by atoms with Crippen molar-refractivity contribution in [2.24, 2.45) is 0 Å². The maximum Gasteiger partial charge on any atom is 0.160 e. The topological polar surface area (TPSA) is 35.6 Å². The molecule has 0 amide bonds. The second kappa shape index (κ2) is 16.2. The number of fused-ring (bicyclic) bond motifs is 9. The zero-order chi connectivity index (χ0) is 46.1. The summed E-state index contributed by atoms with van der Waals surface area (Å²) in [4.78, 5) is 10.9. The molecule has 0 unspecified atom stereocenters. The third kappa shape index (κ3) is 6.53. The van der Waals surface area contributed by atoms with Crippen molar-refractivity contribution in [3.8, 4) is 67.5 Å². The van der Waals surface area contributed by atoms with E-state index >= 15 is 0 Å². The number of hydrogen-bond acceptors (Lipinski definition) is 2. The molecule has 70 heavy (non-hydrogen) atoms. The fourth-order valence-corrected chi connectivity index (χ4v) is 10.8. The van der Waals surface area contributed by atoms with Gasteiger partial charge in [0.15, 0.2) is 5.82 Å². The normalized spacial score (nSPS) is 11.7. The Morgan fingerprint density at radius 2 is 0.771 bits per heavy atom. The molecule has 11 aromatic carbocycles. The predicted molar refractivity (Wildman–Crippen MR) is 293 cm³/mol. The predicted octanol–water partition coefficient (Wildman–Crippen LogP) is 17.3. The molecule has 4 nitrogen and oxygen atoms in total. The second-order valence-electron chi connectivity index (χ2n) is 18.2. The average molecular weight is 891 g/mol. The van der Waals surface area contributed by atoms with Crippen molar-refractivity contribution < 1.29 is 0 Å². The van der Waals surface area contributed by atoms with Crippen LogP contribution in [0.3, 0.4) is 0 Å². The summed E-state index contributed by atoms with van der Waals surface area (Å²) in [5, 5.41) is 9.66. The molecule has 0 aliphatic rings. The standard InChI is InChI=1S/C66H42N4/c1-4-18-43(19-5-1)45-32-34-57-55-28-14-16-30-62(55)70(65(57)41-45)51-37-48(58-39-46-22-10-11-25-52(46)53-26-12-13-27-54(53)58)36-49(38-51)61-42-60(67-66(68-61)44-20-6-2-7-21-44)47-33-35-64-59(40-47)56-29-15-17-31-63(56)69(64)50-23-8-3-9-24-50/h1-42H. The van der Waals surface area contributed by atoms with Crippen molar-refractivity contribution >= 4 is 65.2 Å². The largest absolute Gasteiger partial charge is 0.309 e. The van der Waals surface area contributed by atoms with Crippen LogP contribution in [0.4, 0.5) is 0 Å². The summed E-state index contributed by atoms with van der Waals surface area (Å²) in [7, 11) is 0. The third-order valence-electron chi connectivity index (χ3n) is 14.1. The van der Waals surface area contributed by atoms with Crippen molar-refractivity contribution in [1.29, 1.82) is 0 Å². The summed E-state index contributed by atoms with van der Waals surface area (Å²) in [5.41, 5.74) is 16.1. The van der Waals surface area contributed by atoms with Crippen LogP contribution in [-0.2, 0) is 0 Å². The number of para-hydroxylation sites is 3. The molecule has 326 valence electrons. The van der Waals surface area contributed by atoms with E-state index in [1.54, 1.807) is 0 Å². The Morgan fingerprint density at radius 1 is 0.243 bits per heavy atom. The molecule has 0 fully saturated rings. The van der Waals surface area contributed by atoms with Crippen LogP contribution >= 0.6 is 0 Å². The van der Waals surface area contributed by atoms with Crippen molar-refractivity contribution in [1.82, 2.24) is 19.1 Å². The van der Waals surface area contributed by atoms with E-state index in [2.05, 4.69) is 258 Å². The molecular weight excluding hydrogens is 849 g/mol. The molecular formula is C66H42N4. The van der Waals surface area contributed by atoms with E-state index in [1.165, 1.54) is 65.3 Å². The van der Waals surface area contributed by atoms with Crippen LogP contribution in [0, 0.1) is 0 Å². The Labute approximate surface area is 404 Å². The van der Waals surface area contributed by atoms with Gasteiger partial charge in [0, 0.05) is 49.6 Å². The fourth-order valence-electron chi connectivity index (χ4n) is 10.8. The van der Waals surface area contributed by atoms with E-state index in [9.17, 15) is 0 Å². The molecule has 0 saturated heterocycles. The van der Waals surface area contributed by atoms with Gasteiger partial charge in [0.25, 0.3) is 0 Å². The van der Waals surface area contributed by atoms with Crippen molar-refractivity contribution in [2.75, 3.05) is 0 Å². The maximum atomic E-state index is 5.48. The molecule has 0 bridgehead atoms. The Balaban J connectivity index is 1.05. The summed E-state index contributed by atoms with van der Waals surface area (Å²) in [6.07, 6.45) is 0. The highest BCUT2D eigenvalue weighted by Crippen LogP contribution is 2.42. The Bertz CT molecular complexity index is 4340. The van der Waals surface area contributed by atoms with Crippen LogP contribution in [0.15, 0.2) is 255 Å².